The molecule has 1 fully saturated rings. The van der Waals surface area contributed by atoms with Crippen LogP contribution in [0.15, 0.2) is 11.6 Å². The molecule has 2 aliphatic carbocycles. The first kappa shape index (κ1) is 9.26. The van der Waals surface area contributed by atoms with E-state index in [0.717, 1.165) is 11.8 Å². The molecule has 0 N–H and O–H groups in total. The minimum atomic E-state index is 0.543. The van der Waals surface area contributed by atoms with Crippen molar-refractivity contribution in [2.45, 2.75) is 45.1 Å². The maximum absolute atomic E-state index is 5.40. The lowest BCUT2D eigenvalue weighted by atomic mass is 9.95. The second kappa shape index (κ2) is 3.83. The summed E-state index contributed by atoms with van der Waals surface area (Å²) in [5.41, 5.74) is 1.73. The predicted octanol–water partition coefficient (Wildman–Crippen LogP) is 3.16. The van der Waals surface area contributed by atoms with E-state index in [0.29, 0.717) is 6.10 Å². The van der Waals surface area contributed by atoms with E-state index in [4.69, 9.17) is 4.74 Å². The second-order valence-electron chi connectivity index (χ2n) is 4.69. The van der Waals surface area contributed by atoms with Gasteiger partial charge in [0.2, 0.25) is 0 Å². The van der Waals surface area contributed by atoms with Crippen molar-refractivity contribution in [3.05, 3.63) is 11.6 Å². The van der Waals surface area contributed by atoms with Crippen LogP contribution >= 0.6 is 0 Å². The zero-order valence-electron chi connectivity index (χ0n) is 8.75. The van der Waals surface area contributed by atoms with Crippen LogP contribution in [0.3, 0.4) is 0 Å². The Hall–Kier alpha value is -0.300. The lowest BCUT2D eigenvalue weighted by Crippen LogP contribution is -2.05. The van der Waals surface area contributed by atoms with Gasteiger partial charge in [0.15, 0.2) is 0 Å². The van der Waals surface area contributed by atoms with Crippen molar-refractivity contribution in [1.82, 2.24) is 0 Å². The Kier molecular flexibility index (Phi) is 2.73. The summed E-state index contributed by atoms with van der Waals surface area (Å²) in [7, 11) is 1.85. The van der Waals surface area contributed by atoms with E-state index in [2.05, 4.69) is 13.0 Å². The van der Waals surface area contributed by atoms with E-state index < -0.39 is 0 Å². The normalized spacial score (nSPS) is 39.5. The first-order valence-electron chi connectivity index (χ1n) is 5.51. The topological polar surface area (TPSA) is 9.23 Å². The molecule has 0 saturated heterocycles. The Morgan fingerprint density at radius 1 is 1.38 bits per heavy atom. The van der Waals surface area contributed by atoms with Gasteiger partial charge in [-0.25, -0.2) is 0 Å². The fourth-order valence-electron chi connectivity index (χ4n) is 2.75. The number of hydrogen-bond donors (Lipinski definition) is 0. The van der Waals surface area contributed by atoms with Gasteiger partial charge < -0.3 is 4.74 Å². The van der Waals surface area contributed by atoms with E-state index in [1.54, 1.807) is 5.57 Å². The molecule has 13 heavy (non-hydrogen) atoms. The van der Waals surface area contributed by atoms with Crippen molar-refractivity contribution in [1.29, 1.82) is 0 Å². The first-order chi connectivity index (χ1) is 6.29. The molecule has 1 saturated carbocycles. The Bertz CT molecular complexity index is 207. The quantitative estimate of drug-likeness (QED) is 0.593. The highest BCUT2D eigenvalue weighted by molar-refractivity contribution is 5.15. The minimum Gasteiger partial charge on any atom is -0.381 e. The summed E-state index contributed by atoms with van der Waals surface area (Å²) in [4.78, 5) is 0. The van der Waals surface area contributed by atoms with Gasteiger partial charge in [0, 0.05) is 7.11 Å². The van der Waals surface area contributed by atoms with Crippen LogP contribution in [0.25, 0.3) is 0 Å². The standard InChI is InChI=1S/C12H20O/c1-9-3-4-10(7-9)11-5-6-12(8-11)13-2/h4,9,11-12H,3,5-8H2,1-2H3. The highest BCUT2D eigenvalue weighted by Gasteiger charge is 2.29. The maximum Gasteiger partial charge on any atom is 0.0577 e. The molecule has 2 aliphatic rings. The van der Waals surface area contributed by atoms with Crippen LogP contribution in [0.5, 0.6) is 0 Å². The van der Waals surface area contributed by atoms with E-state index in [9.17, 15) is 0 Å². The van der Waals surface area contributed by atoms with Gasteiger partial charge in [0.05, 0.1) is 6.10 Å². The van der Waals surface area contributed by atoms with E-state index in [1.165, 1.54) is 32.1 Å². The van der Waals surface area contributed by atoms with E-state index in [1.807, 2.05) is 7.11 Å². The summed E-state index contributed by atoms with van der Waals surface area (Å²) in [6, 6.07) is 0. The molecule has 0 aromatic rings. The van der Waals surface area contributed by atoms with Crippen molar-refractivity contribution >= 4 is 0 Å². The summed E-state index contributed by atoms with van der Waals surface area (Å²) < 4.78 is 5.40. The molecule has 1 nitrogen and oxygen atoms in total. The average Bonchev–Trinajstić information content (AvgIpc) is 2.71. The van der Waals surface area contributed by atoms with Gasteiger partial charge >= 0.3 is 0 Å². The first-order valence-corrected chi connectivity index (χ1v) is 5.51. The summed E-state index contributed by atoms with van der Waals surface area (Å²) in [6.07, 6.45) is 9.58. The highest BCUT2D eigenvalue weighted by atomic mass is 16.5. The molecule has 3 unspecified atom stereocenters. The van der Waals surface area contributed by atoms with Crippen molar-refractivity contribution in [3.8, 4) is 0 Å². The van der Waals surface area contributed by atoms with Crippen molar-refractivity contribution < 1.29 is 4.74 Å². The van der Waals surface area contributed by atoms with Gasteiger partial charge in [-0.15, -0.1) is 0 Å². The van der Waals surface area contributed by atoms with Crippen LogP contribution in [-0.4, -0.2) is 13.2 Å². The number of rotatable bonds is 2. The zero-order chi connectivity index (χ0) is 9.26. The molecule has 0 aromatic heterocycles. The lowest BCUT2D eigenvalue weighted by Gasteiger charge is -2.12. The van der Waals surface area contributed by atoms with Crippen LogP contribution in [0, 0.1) is 11.8 Å². The Labute approximate surface area is 81.2 Å². The Morgan fingerprint density at radius 3 is 2.77 bits per heavy atom. The highest BCUT2D eigenvalue weighted by Crippen LogP contribution is 2.39. The number of methoxy groups -OCH3 is 1. The van der Waals surface area contributed by atoms with E-state index >= 15 is 0 Å². The summed E-state index contributed by atoms with van der Waals surface area (Å²) in [6.45, 7) is 2.35. The molecule has 0 bridgehead atoms. The van der Waals surface area contributed by atoms with Crippen LogP contribution < -0.4 is 0 Å². The van der Waals surface area contributed by atoms with Crippen LogP contribution in [-0.2, 0) is 4.74 Å². The number of ether oxygens (including phenoxy) is 1. The van der Waals surface area contributed by atoms with Gasteiger partial charge in [-0.05, 0) is 43.9 Å². The van der Waals surface area contributed by atoms with Gasteiger partial charge in [-0.1, -0.05) is 18.6 Å². The van der Waals surface area contributed by atoms with Gasteiger partial charge in [0.25, 0.3) is 0 Å². The monoisotopic (exact) mass is 180 g/mol. The molecule has 3 atom stereocenters. The number of hydrogen-bond acceptors (Lipinski definition) is 1. The van der Waals surface area contributed by atoms with Crippen LogP contribution in [0.4, 0.5) is 0 Å². The molecule has 0 spiro atoms. The Balaban J connectivity index is 1.89. The molecule has 0 amide bonds. The zero-order valence-corrected chi connectivity index (χ0v) is 8.75. The fourth-order valence-corrected chi connectivity index (χ4v) is 2.75. The molecule has 0 aliphatic heterocycles. The average molecular weight is 180 g/mol. The SMILES string of the molecule is COC1CCC(C2=CCC(C)C2)C1. The molecular weight excluding hydrogens is 160 g/mol. The third-order valence-corrected chi connectivity index (χ3v) is 3.61. The van der Waals surface area contributed by atoms with Crippen molar-refractivity contribution in [2.75, 3.05) is 7.11 Å². The lowest BCUT2D eigenvalue weighted by molar-refractivity contribution is 0.106. The molecule has 2 rings (SSSR count). The van der Waals surface area contributed by atoms with Crippen LogP contribution in [0.2, 0.25) is 0 Å². The summed E-state index contributed by atoms with van der Waals surface area (Å²) in [5.74, 6) is 1.76. The number of allylic oxidation sites excluding steroid dienone is 2. The molecular formula is C12H20O. The van der Waals surface area contributed by atoms with Gasteiger partial charge in [-0.3, -0.25) is 0 Å². The minimum absolute atomic E-state index is 0.543. The van der Waals surface area contributed by atoms with Crippen molar-refractivity contribution in [3.63, 3.8) is 0 Å². The fraction of sp³-hybridized carbons (Fsp3) is 0.833. The smallest absolute Gasteiger partial charge is 0.0577 e. The van der Waals surface area contributed by atoms with E-state index in [-0.39, 0.29) is 0 Å². The molecule has 74 valence electrons. The molecule has 0 heterocycles. The van der Waals surface area contributed by atoms with Crippen molar-refractivity contribution in [2.24, 2.45) is 11.8 Å². The van der Waals surface area contributed by atoms with Gasteiger partial charge in [-0.2, -0.15) is 0 Å². The maximum atomic E-state index is 5.40. The van der Waals surface area contributed by atoms with Gasteiger partial charge in [0.1, 0.15) is 0 Å². The summed E-state index contributed by atoms with van der Waals surface area (Å²) in [5, 5.41) is 0. The molecule has 0 aromatic carbocycles. The molecule has 0 radical (unpaired) electrons. The molecule has 1 heteroatoms. The largest absolute Gasteiger partial charge is 0.381 e. The third kappa shape index (κ3) is 1.96. The van der Waals surface area contributed by atoms with Crippen LogP contribution in [0.1, 0.15) is 39.0 Å². The summed E-state index contributed by atoms with van der Waals surface area (Å²) >= 11 is 0. The second-order valence-corrected chi connectivity index (χ2v) is 4.69. The predicted molar refractivity (Wildman–Crippen MR) is 54.6 cm³/mol. The Morgan fingerprint density at radius 2 is 2.23 bits per heavy atom. The third-order valence-electron chi connectivity index (χ3n) is 3.61.